The normalized spacial score (nSPS) is 18.2. The zero-order valence-corrected chi connectivity index (χ0v) is 11.6. The van der Waals surface area contributed by atoms with E-state index in [4.69, 9.17) is 5.11 Å². The summed E-state index contributed by atoms with van der Waals surface area (Å²) in [4.78, 5) is 21.9. The molecule has 8 nitrogen and oxygen atoms in total. The Morgan fingerprint density at radius 3 is 2.37 bits per heavy atom. The van der Waals surface area contributed by atoms with E-state index in [1.54, 1.807) is 6.92 Å². The Bertz CT molecular complexity index is 428. The predicted octanol–water partition coefficient (Wildman–Crippen LogP) is -1.25. The molecule has 19 heavy (non-hydrogen) atoms. The fraction of sp³-hybridized carbons (Fsp3) is 0.800. The molecule has 110 valence electrons. The number of amides is 1. The number of hydrogen-bond acceptors (Lipinski definition) is 4. The highest BCUT2D eigenvalue weighted by Crippen LogP contribution is 2.18. The summed E-state index contributed by atoms with van der Waals surface area (Å²) in [5, 5.41) is 11.3. The molecule has 1 heterocycles. The van der Waals surface area contributed by atoms with Crippen molar-refractivity contribution in [3.63, 3.8) is 0 Å². The van der Waals surface area contributed by atoms with Crippen LogP contribution in [0, 0.1) is 5.92 Å². The number of rotatable bonds is 6. The summed E-state index contributed by atoms with van der Waals surface area (Å²) in [5.41, 5.74) is 0. The number of carbonyl (C=O) groups is 2. The molecule has 0 saturated carbocycles. The van der Waals surface area contributed by atoms with Gasteiger partial charge in [-0.15, -0.1) is 0 Å². The maximum absolute atomic E-state index is 11.9. The van der Waals surface area contributed by atoms with Gasteiger partial charge in [0.15, 0.2) is 0 Å². The van der Waals surface area contributed by atoms with Crippen LogP contribution in [-0.4, -0.2) is 55.9 Å². The number of likely N-dealkylation sites (N-methyl/N-ethyl adjacent to an activating group) is 1. The van der Waals surface area contributed by atoms with Crippen LogP contribution >= 0.6 is 0 Å². The molecule has 1 amide bonds. The average molecular weight is 293 g/mol. The lowest BCUT2D eigenvalue weighted by Crippen LogP contribution is -2.48. The third-order valence-electron chi connectivity index (χ3n) is 2.93. The van der Waals surface area contributed by atoms with Gasteiger partial charge in [-0.1, -0.05) is 0 Å². The average Bonchev–Trinajstić information content (AvgIpc) is 2.37. The summed E-state index contributed by atoms with van der Waals surface area (Å²) in [5.74, 6) is -1.78. The van der Waals surface area contributed by atoms with Gasteiger partial charge in [0, 0.05) is 19.6 Å². The summed E-state index contributed by atoms with van der Waals surface area (Å²) in [6, 6.07) is 0. The zero-order chi connectivity index (χ0) is 14.5. The minimum Gasteiger partial charge on any atom is -0.481 e. The van der Waals surface area contributed by atoms with Gasteiger partial charge in [0.05, 0.1) is 12.5 Å². The highest BCUT2D eigenvalue weighted by molar-refractivity contribution is 7.87. The van der Waals surface area contributed by atoms with E-state index < -0.39 is 28.0 Å². The molecule has 0 aromatic carbocycles. The Kier molecular flexibility index (Phi) is 5.70. The largest absolute Gasteiger partial charge is 0.481 e. The Morgan fingerprint density at radius 1 is 1.32 bits per heavy atom. The highest BCUT2D eigenvalue weighted by Gasteiger charge is 2.30. The first-order chi connectivity index (χ1) is 8.86. The van der Waals surface area contributed by atoms with Crippen molar-refractivity contribution in [2.24, 2.45) is 5.92 Å². The molecule has 0 spiro atoms. The van der Waals surface area contributed by atoms with E-state index in [1.165, 1.54) is 4.31 Å². The molecule has 0 unspecified atom stereocenters. The summed E-state index contributed by atoms with van der Waals surface area (Å²) in [6.07, 6.45) is 0.578. The Balaban J connectivity index is 2.46. The second-order valence-corrected chi connectivity index (χ2v) is 6.05. The van der Waals surface area contributed by atoms with Crippen LogP contribution in [0.1, 0.15) is 19.8 Å². The van der Waals surface area contributed by atoms with Crippen LogP contribution in [0.3, 0.4) is 0 Å². The van der Waals surface area contributed by atoms with Gasteiger partial charge in [0.2, 0.25) is 5.91 Å². The van der Waals surface area contributed by atoms with Crippen molar-refractivity contribution >= 4 is 22.1 Å². The van der Waals surface area contributed by atoms with Gasteiger partial charge in [0.1, 0.15) is 0 Å². The van der Waals surface area contributed by atoms with Crippen molar-refractivity contribution in [3.05, 3.63) is 0 Å². The molecule has 0 radical (unpaired) electrons. The molecule has 0 aromatic rings. The third-order valence-corrected chi connectivity index (χ3v) is 4.49. The van der Waals surface area contributed by atoms with E-state index in [9.17, 15) is 18.0 Å². The van der Waals surface area contributed by atoms with Crippen molar-refractivity contribution in [2.45, 2.75) is 19.8 Å². The number of aliphatic carboxylic acids is 1. The lowest BCUT2D eigenvalue weighted by atomic mass is 9.99. The number of carbonyl (C=O) groups excluding carboxylic acids is 1. The summed E-state index contributed by atoms with van der Waals surface area (Å²) < 4.78 is 27.1. The first kappa shape index (κ1) is 15.9. The SMILES string of the molecule is CCNC(=O)CNS(=O)(=O)N1CCC(C(=O)O)CC1. The zero-order valence-electron chi connectivity index (χ0n) is 10.8. The number of hydrogen-bond donors (Lipinski definition) is 3. The van der Waals surface area contributed by atoms with Crippen LogP contribution in [0.15, 0.2) is 0 Å². The minimum absolute atomic E-state index is 0.154. The Labute approximate surface area is 112 Å². The van der Waals surface area contributed by atoms with Crippen molar-refractivity contribution in [3.8, 4) is 0 Å². The number of piperidine rings is 1. The van der Waals surface area contributed by atoms with Crippen LogP contribution in [0.2, 0.25) is 0 Å². The van der Waals surface area contributed by atoms with Crippen LogP contribution in [0.25, 0.3) is 0 Å². The number of carboxylic acid groups (broad SMARTS) is 1. The molecule has 1 aliphatic rings. The van der Waals surface area contributed by atoms with Crippen LogP contribution in [0.5, 0.6) is 0 Å². The van der Waals surface area contributed by atoms with Gasteiger partial charge in [0.25, 0.3) is 10.2 Å². The molecule has 9 heteroatoms. The maximum Gasteiger partial charge on any atom is 0.306 e. The summed E-state index contributed by atoms with van der Waals surface area (Å²) in [6.45, 7) is 2.17. The lowest BCUT2D eigenvalue weighted by Gasteiger charge is -2.29. The van der Waals surface area contributed by atoms with Crippen LogP contribution < -0.4 is 10.0 Å². The first-order valence-electron chi connectivity index (χ1n) is 6.11. The van der Waals surface area contributed by atoms with Gasteiger partial charge in [-0.25, -0.2) is 0 Å². The maximum atomic E-state index is 11.9. The van der Waals surface area contributed by atoms with E-state index in [2.05, 4.69) is 10.0 Å². The molecule has 1 saturated heterocycles. The van der Waals surface area contributed by atoms with Gasteiger partial charge in [-0.05, 0) is 19.8 Å². The standard InChI is InChI=1S/C10H19N3O5S/c1-2-11-9(14)7-12-19(17,18)13-5-3-8(4-6-13)10(15)16/h8,12H,2-7H2,1H3,(H,11,14)(H,15,16). The van der Waals surface area contributed by atoms with Crippen molar-refractivity contribution in [1.82, 2.24) is 14.3 Å². The fourth-order valence-electron chi connectivity index (χ4n) is 1.85. The van der Waals surface area contributed by atoms with Crippen molar-refractivity contribution in [1.29, 1.82) is 0 Å². The predicted molar refractivity (Wildman–Crippen MR) is 67.5 cm³/mol. The fourth-order valence-corrected chi connectivity index (χ4v) is 3.04. The molecular weight excluding hydrogens is 274 g/mol. The smallest absolute Gasteiger partial charge is 0.306 e. The molecule has 1 aliphatic heterocycles. The Morgan fingerprint density at radius 2 is 1.89 bits per heavy atom. The monoisotopic (exact) mass is 293 g/mol. The highest BCUT2D eigenvalue weighted by atomic mass is 32.2. The molecular formula is C10H19N3O5S. The minimum atomic E-state index is -3.72. The van der Waals surface area contributed by atoms with Crippen molar-refractivity contribution in [2.75, 3.05) is 26.2 Å². The van der Waals surface area contributed by atoms with E-state index >= 15 is 0 Å². The van der Waals surface area contributed by atoms with Gasteiger partial charge in [-0.2, -0.15) is 17.4 Å². The second kappa shape index (κ2) is 6.83. The topological polar surface area (TPSA) is 116 Å². The van der Waals surface area contributed by atoms with Gasteiger partial charge in [-0.3, -0.25) is 9.59 Å². The number of nitrogens with zero attached hydrogens (tertiary/aromatic N) is 1. The van der Waals surface area contributed by atoms with Crippen LogP contribution in [-0.2, 0) is 19.8 Å². The number of carboxylic acids is 1. The van der Waals surface area contributed by atoms with Crippen LogP contribution in [0.4, 0.5) is 0 Å². The third kappa shape index (κ3) is 4.77. The second-order valence-electron chi connectivity index (χ2n) is 4.29. The van der Waals surface area contributed by atoms with Gasteiger partial charge >= 0.3 is 5.97 Å². The van der Waals surface area contributed by atoms with Crippen molar-refractivity contribution < 1.29 is 23.1 Å². The molecule has 1 fully saturated rings. The van der Waals surface area contributed by atoms with E-state index in [1.807, 2.05) is 0 Å². The molecule has 3 N–H and O–H groups in total. The number of nitrogens with one attached hydrogen (secondary N) is 2. The summed E-state index contributed by atoms with van der Waals surface area (Å²) in [7, 11) is -3.72. The molecule has 0 aliphatic carbocycles. The van der Waals surface area contributed by atoms with Gasteiger partial charge < -0.3 is 10.4 Å². The Hall–Kier alpha value is -1.19. The molecule has 0 atom stereocenters. The lowest BCUT2D eigenvalue weighted by molar-refractivity contribution is -0.142. The molecule has 0 bridgehead atoms. The summed E-state index contributed by atoms with van der Waals surface area (Å²) >= 11 is 0. The van der Waals surface area contributed by atoms with E-state index in [-0.39, 0.29) is 32.5 Å². The quantitative estimate of drug-likeness (QED) is 0.566. The van der Waals surface area contributed by atoms with E-state index in [0.717, 1.165) is 0 Å². The first-order valence-corrected chi connectivity index (χ1v) is 7.55. The van der Waals surface area contributed by atoms with E-state index in [0.29, 0.717) is 6.54 Å². The molecule has 1 rings (SSSR count). The molecule has 0 aromatic heterocycles.